The van der Waals surface area contributed by atoms with Gasteiger partial charge in [0.15, 0.2) is 6.10 Å². The van der Waals surface area contributed by atoms with Crippen molar-refractivity contribution < 1.29 is 14.6 Å². The first kappa shape index (κ1) is 13.2. The summed E-state index contributed by atoms with van der Waals surface area (Å²) in [6, 6.07) is 6.11. The van der Waals surface area contributed by atoms with Gasteiger partial charge in [-0.25, -0.2) is 4.79 Å². The summed E-state index contributed by atoms with van der Waals surface area (Å²) in [7, 11) is 2.12. The number of aryl methyl sites for hydroxylation is 1. The third kappa shape index (κ3) is 2.45. The molecule has 5 nitrogen and oxygen atoms in total. The molecule has 0 aromatic heterocycles. The molecule has 1 aromatic rings. The highest BCUT2D eigenvalue weighted by molar-refractivity contribution is 5.74. The van der Waals surface area contributed by atoms with Crippen molar-refractivity contribution in [1.29, 1.82) is 0 Å². The number of piperazine rings is 1. The van der Waals surface area contributed by atoms with Crippen LogP contribution >= 0.6 is 0 Å². The minimum atomic E-state index is -0.871. The Morgan fingerprint density at radius 1 is 1.30 bits per heavy atom. The first-order valence-electron chi connectivity index (χ1n) is 7.10. The Bertz CT molecular complexity index is 510. The van der Waals surface area contributed by atoms with Crippen molar-refractivity contribution in [3.8, 4) is 5.75 Å². The summed E-state index contributed by atoms with van der Waals surface area (Å²) in [5, 5.41) is 9.15. The number of para-hydroxylation sites is 1. The number of carbonyl (C=O) groups is 1. The second-order valence-corrected chi connectivity index (χ2v) is 5.54. The quantitative estimate of drug-likeness (QED) is 0.880. The summed E-state index contributed by atoms with van der Waals surface area (Å²) in [4.78, 5) is 15.7. The normalized spacial score (nSPS) is 23.1. The van der Waals surface area contributed by atoms with Crippen LogP contribution in [-0.2, 0) is 11.2 Å². The average Bonchev–Trinajstić information content (AvgIpc) is 2.47. The van der Waals surface area contributed by atoms with Crippen molar-refractivity contribution in [2.75, 3.05) is 38.1 Å². The van der Waals surface area contributed by atoms with Crippen molar-refractivity contribution in [3.63, 3.8) is 0 Å². The molecule has 108 valence electrons. The summed E-state index contributed by atoms with van der Waals surface area (Å²) >= 11 is 0. The number of fused-ring (bicyclic) bond motifs is 1. The Hall–Kier alpha value is -1.75. The molecule has 1 N–H and O–H groups in total. The van der Waals surface area contributed by atoms with E-state index in [2.05, 4.69) is 16.8 Å². The first-order valence-corrected chi connectivity index (χ1v) is 7.10. The molecule has 0 bridgehead atoms. The second kappa shape index (κ2) is 5.32. The third-order valence-electron chi connectivity index (χ3n) is 4.13. The minimum Gasteiger partial charge on any atom is -0.479 e. The summed E-state index contributed by atoms with van der Waals surface area (Å²) in [5.74, 6) is -0.0977. The van der Waals surface area contributed by atoms with Crippen LogP contribution in [0.3, 0.4) is 0 Å². The number of ether oxygens (including phenoxy) is 1. The van der Waals surface area contributed by atoms with Crippen LogP contribution in [0.2, 0.25) is 0 Å². The fourth-order valence-electron chi connectivity index (χ4n) is 2.86. The van der Waals surface area contributed by atoms with E-state index in [9.17, 15) is 4.79 Å². The number of aliphatic carboxylic acids is 1. The molecule has 2 aliphatic rings. The van der Waals surface area contributed by atoms with Crippen LogP contribution in [0.5, 0.6) is 5.75 Å². The summed E-state index contributed by atoms with van der Waals surface area (Å²) < 4.78 is 5.75. The van der Waals surface area contributed by atoms with Crippen LogP contribution in [-0.4, -0.2) is 55.3 Å². The van der Waals surface area contributed by atoms with E-state index < -0.39 is 12.1 Å². The maximum Gasteiger partial charge on any atom is 0.344 e. The average molecular weight is 276 g/mol. The fraction of sp³-hybridized carbons (Fsp3) is 0.533. The molecule has 5 heteroatoms. The highest BCUT2D eigenvalue weighted by Crippen LogP contribution is 2.37. The molecule has 0 saturated carbocycles. The van der Waals surface area contributed by atoms with Gasteiger partial charge in [0.2, 0.25) is 0 Å². The molecule has 3 rings (SSSR count). The molecule has 1 unspecified atom stereocenters. The zero-order valence-corrected chi connectivity index (χ0v) is 11.7. The predicted octanol–water partition coefficient (Wildman–Crippen LogP) is 1.22. The Labute approximate surface area is 118 Å². The summed E-state index contributed by atoms with van der Waals surface area (Å²) in [6.45, 7) is 3.94. The monoisotopic (exact) mass is 276 g/mol. The predicted molar refractivity (Wildman–Crippen MR) is 76.5 cm³/mol. The van der Waals surface area contributed by atoms with Crippen molar-refractivity contribution in [2.24, 2.45) is 0 Å². The molecule has 1 fully saturated rings. The van der Waals surface area contributed by atoms with Crippen LogP contribution in [0.4, 0.5) is 5.69 Å². The molecule has 0 aliphatic carbocycles. The van der Waals surface area contributed by atoms with Crippen LogP contribution in [0.1, 0.15) is 12.0 Å². The number of likely N-dealkylation sites (N-methyl/N-ethyl adjacent to an activating group) is 1. The lowest BCUT2D eigenvalue weighted by Crippen LogP contribution is -2.45. The highest BCUT2D eigenvalue weighted by Gasteiger charge is 2.29. The number of hydrogen-bond acceptors (Lipinski definition) is 4. The molecule has 0 radical (unpaired) electrons. The van der Waals surface area contributed by atoms with Crippen molar-refractivity contribution in [2.45, 2.75) is 18.9 Å². The zero-order chi connectivity index (χ0) is 14.1. The van der Waals surface area contributed by atoms with Crippen LogP contribution in [0, 0.1) is 0 Å². The van der Waals surface area contributed by atoms with E-state index in [0.717, 1.165) is 49.6 Å². The van der Waals surface area contributed by atoms with E-state index >= 15 is 0 Å². The molecule has 1 atom stereocenters. The van der Waals surface area contributed by atoms with E-state index in [1.807, 2.05) is 18.2 Å². The molecule has 2 aliphatic heterocycles. The molecule has 2 heterocycles. The van der Waals surface area contributed by atoms with Gasteiger partial charge in [0.25, 0.3) is 0 Å². The molecule has 0 amide bonds. The third-order valence-corrected chi connectivity index (χ3v) is 4.13. The molecule has 0 spiro atoms. The topological polar surface area (TPSA) is 53.0 Å². The van der Waals surface area contributed by atoms with Crippen molar-refractivity contribution in [3.05, 3.63) is 23.8 Å². The second-order valence-electron chi connectivity index (χ2n) is 5.54. The molecular weight excluding hydrogens is 256 g/mol. The Morgan fingerprint density at radius 2 is 2.05 bits per heavy atom. The lowest BCUT2D eigenvalue weighted by Gasteiger charge is -2.36. The van der Waals surface area contributed by atoms with Gasteiger partial charge in [0.05, 0.1) is 5.69 Å². The Kier molecular flexibility index (Phi) is 3.53. The number of hydrogen-bond donors (Lipinski definition) is 1. The number of anilines is 1. The fourth-order valence-corrected chi connectivity index (χ4v) is 2.86. The van der Waals surface area contributed by atoms with Crippen LogP contribution in [0.25, 0.3) is 0 Å². The van der Waals surface area contributed by atoms with E-state index in [-0.39, 0.29) is 0 Å². The van der Waals surface area contributed by atoms with Gasteiger partial charge >= 0.3 is 5.97 Å². The van der Waals surface area contributed by atoms with Crippen LogP contribution in [0.15, 0.2) is 18.2 Å². The van der Waals surface area contributed by atoms with Gasteiger partial charge in [0, 0.05) is 26.2 Å². The van der Waals surface area contributed by atoms with Gasteiger partial charge in [-0.15, -0.1) is 0 Å². The Morgan fingerprint density at radius 3 is 2.75 bits per heavy atom. The molecule has 1 aromatic carbocycles. The maximum absolute atomic E-state index is 11.1. The van der Waals surface area contributed by atoms with Crippen molar-refractivity contribution >= 4 is 11.7 Å². The number of rotatable bonds is 2. The van der Waals surface area contributed by atoms with Gasteiger partial charge in [-0.3, -0.25) is 0 Å². The van der Waals surface area contributed by atoms with Crippen LogP contribution < -0.4 is 9.64 Å². The zero-order valence-electron chi connectivity index (χ0n) is 11.7. The Balaban J connectivity index is 1.87. The number of carboxylic acids is 1. The van der Waals surface area contributed by atoms with Gasteiger partial charge in [0.1, 0.15) is 5.75 Å². The smallest absolute Gasteiger partial charge is 0.344 e. The molecule has 20 heavy (non-hydrogen) atoms. The summed E-state index contributed by atoms with van der Waals surface area (Å²) in [5.41, 5.74) is 2.17. The largest absolute Gasteiger partial charge is 0.479 e. The number of nitrogens with zero attached hydrogens (tertiary/aromatic N) is 2. The highest BCUT2D eigenvalue weighted by atomic mass is 16.5. The minimum absolute atomic E-state index is 0.550. The molecular formula is C15H20N2O3. The first-order chi connectivity index (χ1) is 9.65. The lowest BCUT2D eigenvalue weighted by molar-refractivity contribution is -0.145. The van der Waals surface area contributed by atoms with Gasteiger partial charge < -0.3 is 19.6 Å². The van der Waals surface area contributed by atoms with E-state index in [0.29, 0.717) is 6.42 Å². The van der Waals surface area contributed by atoms with E-state index in [4.69, 9.17) is 9.84 Å². The summed E-state index contributed by atoms with van der Waals surface area (Å²) in [6.07, 6.45) is 0.610. The van der Waals surface area contributed by atoms with E-state index in [1.165, 1.54) is 0 Å². The van der Waals surface area contributed by atoms with Gasteiger partial charge in [-0.1, -0.05) is 12.1 Å². The maximum atomic E-state index is 11.1. The van der Waals surface area contributed by atoms with Gasteiger partial charge in [-0.05, 0) is 31.5 Å². The SMILES string of the molecule is CN1CCN(c2cccc3c2OC(C(=O)O)CC3)CC1. The number of benzene rings is 1. The van der Waals surface area contributed by atoms with Gasteiger partial charge in [-0.2, -0.15) is 0 Å². The standard InChI is InChI=1S/C15H20N2O3/c1-16-7-9-17(10-8-16)12-4-2-3-11-5-6-13(15(18)19)20-14(11)12/h2-4,13H,5-10H2,1H3,(H,18,19). The lowest BCUT2D eigenvalue weighted by atomic mass is 10.0. The number of carboxylic acid groups (broad SMARTS) is 1. The van der Waals surface area contributed by atoms with Crippen molar-refractivity contribution in [1.82, 2.24) is 4.90 Å². The molecule has 1 saturated heterocycles. The van der Waals surface area contributed by atoms with E-state index in [1.54, 1.807) is 0 Å².